The van der Waals surface area contributed by atoms with Gasteiger partial charge in [-0.05, 0) is 24.6 Å². The highest BCUT2D eigenvalue weighted by molar-refractivity contribution is 7.90. The van der Waals surface area contributed by atoms with Gasteiger partial charge in [0.1, 0.15) is 5.82 Å². The van der Waals surface area contributed by atoms with Crippen LogP contribution in [0.3, 0.4) is 0 Å². The third-order valence-electron chi connectivity index (χ3n) is 2.74. The SMILES string of the molecule is C[C@H](NS(=O)(=O)Cc1ccc(F)cc1)c1nnc(S(C)(=O)=O)o1. The molecular formula is C12H14FN3O5S2. The molecule has 1 aromatic carbocycles. The Morgan fingerprint density at radius 3 is 2.30 bits per heavy atom. The molecule has 2 rings (SSSR count). The lowest BCUT2D eigenvalue weighted by Crippen LogP contribution is -2.28. The van der Waals surface area contributed by atoms with Crippen LogP contribution in [0.4, 0.5) is 4.39 Å². The van der Waals surface area contributed by atoms with Gasteiger partial charge < -0.3 is 4.42 Å². The first kappa shape index (κ1) is 17.5. The number of rotatable bonds is 6. The molecule has 0 aliphatic carbocycles. The van der Waals surface area contributed by atoms with Crippen LogP contribution >= 0.6 is 0 Å². The summed E-state index contributed by atoms with van der Waals surface area (Å²) >= 11 is 0. The lowest BCUT2D eigenvalue weighted by atomic mass is 10.2. The fourth-order valence-corrected chi connectivity index (χ4v) is 3.49. The molecule has 23 heavy (non-hydrogen) atoms. The van der Waals surface area contributed by atoms with Crippen molar-refractivity contribution in [2.24, 2.45) is 0 Å². The van der Waals surface area contributed by atoms with E-state index >= 15 is 0 Å². The minimum atomic E-state index is -3.77. The number of aromatic nitrogens is 2. The molecule has 8 nitrogen and oxygen atoms in total. The third-order valence-corrected chi connectivity index (χ3v) is 4.96. The molecule has 0 saturated heterocycles. The minimum Gasteiger partial charge on any atom is -0.411 e. The number of sulfonamides is 1. The Balaban J connectivity index is 2.10. The molecular weight excluding hydrogens is 349 g/mol. The Labute approximate surface area is 132 Å². The Hall–Kier alpha value is -1.85. The van der Waals surface area contributed by atoms with E-state index in [1.165, 1.54) is 19.1 Å². The van der Waals surface area contributed by atoms with Crippen LogP contribution in [0.1, 0.15) is 24.4 Å². The maximum Gasteiger partial charge on any atom is 0.335 e. The average Bonchev–Trinajstić information content (AvgIpc) is 2.90. The van der Waals surface area contributed by atoms with Gasteiger partial charge in [-0.25, -0.2) is 25.9 Å². The molecule has 126 valence electrons. The number of hydrogen-bond donors (Lipinski definition) is 1. The van der Waals surface area contributed by atoms with E-state index < -0.39 is 36.9 Å². The Morgan fingerprint density at radius 1 is 1.17 bits per heavy atom. The fourth-order valence-electron chi connectivity index (χ4n) is 1.71. The second-order valence-corrected chi connectivity index (χ2v) is 8.55. The van der Waals surface area contributed by atoms with E-state index in [4.69, 9.17) is 4.42 Å². The van der Waals surface area contributed by atoms with Crippen LogP contribution in [-0.2, 0) is 25.6 Å². The molecule has 2 aromatic rings. The summed E-state index contributed by atoms with van der Waals surface area (Å²) < 4.78 is 66.7. The highest BCUT2D eigenvalue weighted by atomic mass is 32.2. The molecule has 0 bridgehead atoms. The Bertz CT molecular complexity index is 891. The molecule has 0 aliphatic rings. The maximum atomic E-state index is 12.8. The van der Waals surface area contributed by atoms with Crippen molar-refractivity contribution < 1.29 is 25.6 Å². The number of halogens is 1. The van der Waals surface area contributed by atoms with Gasteiger partial charge in [-0.2, -0.15) is 0 Å². The molecule has 0 radical (unpaired) electrons. The van der Waals surface area contributed by atoms with E-state index in [1.54, 1.807) is 0 Å². The van der Waals surface area contributed by atoms with Crippen molar-refractivity contribution in [1.29, 1.82) is 0 Å². The quantitative estimate of drug-likeness (QED) is 0.806. The first-order chi connectivity index (χ1) is 10.6. The van der Waals surface area contributed by atoms with Crippen molar-refractivity contribution in [3.05, 3.63) is 41.5 Å². The summed E-state index contributed by atoms with van der Waals surface area (Å²) in [6, 6.07) is 4.11. The lowest BCUT2D eigenvalue weighted by Gasteiger charge is -2.10. The monoisotopic (exact) mass is 363 g/mol. The van der Waals surface area contributed by atoms with Crippen molar-refractivity contribution in [2.75, 3.05) is 6.26 Å². The van der Waals surface area contributed by atoms with Crippen LogP contribution in [0.5, 0.6) is 0 Å². The van der Waals surface area contributed by atoms with Crippen LogP contribution in [0.25, 0.3) is 0 Å². The number of hydrogen-bond acceptors (Lipinski definition) is 7. The average molecular weight is 363 g/mol. The van der Waals surface area contributed by atoms with Crippen molar-refractivity contribution in [2.45, 2.75) is 23.9 Å². The molecule has 0 fully saturated rings. The lowest BCUT2D eigenvalue weighted by molar-refractivity contribution is 0.373. The van der Waals surface area contributed by atoms with E-state index in [0.717, 1.165) is 18.4 Å². The minimum absolute atomic E-state index is 0.173. The molecule has 1 N–H and O–H groups in total. The molecule has 0 aliphatic heterocycles. The topological polar surface area (TPSA) is 119 Å². The van der Waals surface area contributed by atoms with Crippen LogP contribution in [0.2, 0.25) is 0 Å². The van der Waals surface area contributed by atoms with Crippen LogP contribution < -0.4 is 4.72 Å². The Morgan fingerprint density at radius 2 is 1.78 bits per heavy atom. The highest BCUT2D eigenvalue weighted by Gasteiger charge is 2.23. The van der Waals surface area contributed by atoms with E-state index in [0.29, 0.717) is 5.56 Å². The first-order valence-corrected chi connectivity index (χ1v) is 9.89. The predicted molar refractivity (Wildman–Crippen MR) is 78.0 cm³/mol. The van der Waals surface area contributed by atoms with Gasteiger partial charge in [0, 0.05) is 6.26 Å². The predicted octanol–water partition coefficient (Wildman–Crippen LogP) is 0.793. The zero-order valence-electron chi connectivity index (χ0n) is 12.2. The molecule has 0 saturated carbocycles. The van der Waals surface area contributed by atoms with Crippen LogP contribution in [-0.4, -0.2) is 33.3 Å². The largest absolute Gasteiger partial charge is 0.411 e. The number of sulfone groups is 1. The van der Waals surface area contributed by atoms with Crippen molar-refractivity contribution in [3.8, 4) is 0 Å². The van der Waals surface area contributed by atoms with E-state index in [9.17, 15) is 21.2 Å². The first-order valence-electron chi connectivity index (χ1n) is 6.35. The third kappa shape index (κ3) is 4.81. The summed E-state index contributed by atoms with van der Waals surface area (Å²) in [6.45, 7) is 1.43. The summed E-state index contributed by atoms with van der Waals surface area (Å²) in [4.78, 5) is 0. The van der Waals surface area contributed by atoms with Crippen LogP contribution in [0, 0.1) is 5.82 Å². The second-order valence-electron chi connectivity index (χ2n) is 4.90. The summed E-state index contributed by atoms with van der Waals surface area (Å²) in [5.41, 5.74) is 0.397. The summed E-state index contributed by atoms with van der Waals surface area (Å²) in [7, 11) is -7.44. The summed E-state index contributed by atoms with van der Waals surface area (Å²) in [5, 5.41) is 6.28. The van der Waals surface area contributed by atoms with Gasteiger partial charge in [-0.15, -0.1) is 5.10 Å². The van der Waals surface area contributed by atoms with Crippen molar-refractivity contribution >= 4 is 19.9 Å². The standard InChI is InChI=1S/C12H14FN3O5S2/c1-8(11-14-15-12(21-11)22(2,17)18)16-23(19,20)7-9-3-5-10(13)6-4-9/h3-6,8,16H,7H2,1-2H3/t8-/m0/s1. The van der Waals surface area contributed by atoms with Gasteiger partial charge in [0.2, 0.25) is 25.8 Å². The van der Waals surface area contributed by atoms with Gasteiger partial charge in [0.15, 0.2) is 0 Å². The van der Waals surface area contributed by atoms with Gasteiger partial charge in [0.05, 0.1) is 11.8 Å². The summed E-state index contributed by atoms with van der Waals surface area (Å²) in [6.07, 6.45) is 0.896. The number of nitrogens with one attached hydrogen (secondary N) is 1. The molecule has 0 amide bonds. The smallest absolute Gasteiger partial charge is 0.335 e. The fraction of sp³-hybridized carbons (Fsp3) is 0.333. The molecule has 1 atom stereocenters. The number of nitrogens with zero attached hydrogens (tertiary/aromatic N) is 2. The van der Waals surface area contributed by atoms with Gasteiger partial charge in [0.25, 0.3) is 0 Å². The highest BCUT2D eigenvalue weighted by Crippen LogP contribution is 2.16. The van der Waals surface area contributed by atoms with Gasteiger partial charge >= 0.3 is 5.22 Å². The zero-order chi connectivity index (χ0) is 17.3. The normalized spacial score (nSPS) is 13.9. The molecule has 1 aromatic heterocycles. The molecule has 0 spiro atoms. The molecule has 11 heteroatoms. The van der Waals surface area contributed by atoms with Gasteiger partial charge in [-0.1, -0.05) is 17.2 Å². The van der Waals surface area contributed by atoms with Crippen LogP contribution in [0.15, 0.2) is 33.9 Å². The summed E-state index contributed by atoms with van der Waals surface area (Å²) in [5.74, 6) is -1.01. The molecule has 0 unspecified atom stereocenters. The van der Waals surface area contributed by atoms with E-state index in [2.05, 4.69) is 14.9 Å². The number of benzene rings is 1. The van der Waals surface area contributed by atoms with E-state index in [-0.39, 0.29) is 11.6 Å². The maximum absolute atomic E-state index is 12.8. The molecule has 1 heterocycles. The van der Waals surface area contributed by atoms with Crippen molar-refractivity contribution in [3.63, 3.8) is 0 Å². The Kier molecular flexibility index (Phi) is 4.82. The van der Waals surface area contributed by atoms with Crippen molar-refractivity contribution in [1.82, 2.24) is 14.9 Å². The zero-order valence-corrected chi connectivity index (χ0v) is 13.9. The second kappa shape index (κ2) is 6.34. The van der Waals surface area contributed by atoms with Gasteiger partial charge in [-0.3, -0.25) is 0 Å². The van der Waals surface area contributed by atoms with E-state index in [1.807, 2.05) is 0 Å².